The van der Waals surface area contributed by atoms with Crippen LogP contribution in [0.4, 0.5) is 10.1 Å². The number of rotatable bonds is 3. The molecular formula is C12H10ClFN2OS. The van der Waals surface area contributed by atoms with Crippen molar-refractivity contribution in [3.05, 3.63) is 40.5 Å². The van der Waals surface area contributed by atoms with Gasteiger partial charge in [0, 0.05) is 15.1 Å². The van der Waals surface area contributed by atoms with Crippen molar-refractivity contribution in [3.63, 3.8) is 0 Å². The number of anilines is 1. The fraction of sp³-hybridized carbons (Fsp3) is 0.0833. The number of carbonyl (C=O) groups is 1. The first-order valence-electron chi connectivity index (χ1n) is 5.08. The van der Waals surface area contributed by atoms with Gasteiger partial charge in [-0.15, -0.1) is 11.3 Å². The number of nitrogen functional groups attached to an aromatic ring is 1. The van der Waals surface area contributed by atoms with Crippen LogP contribution in [0.25, 0.3) is 10.1 Å². The number of hydrogen-bond acceptors (Lipinski definition) is 3. The Morgan fingerprint density at radius 3 is 2.94 bits per heavy atom. The highest BCUT2D eigenvalue weighted by Crippen LogP contribution is 2.33. The molecule has 0 atom stereocenters. The molecule has 3 nitrogen and oxygen atoms in total. The van der Waals surface area contributed by atoms with Gasteiger partial charge in [0.2, 0.25) is 0 Å². The van der Waals surface area contributed by atoms with Crippen molar-refractivity contribution in [1.29, 1.82) is 0 Å². The van der Waals surface area contributed by atoms with Gasteiger partial charge in [-0.25, -0.2) is 4.39 Å². The van der Waals surface area contributed by atoms with Crippen LogP contribution >= 0.6 is 22.9 Å². The van der Waals surface area contributed by atoms with E-state index in [2.05, 4.69) is 11.9 Å². The smallest absolute Gasteiger partial charge is 0.263 e. The Bertz CT molecular complexity index is 638. The molecule has 0 aliphatic carbocycles. The average molecular weight is 285 g/mol. The first-order valence-corrected chi connectivity index (χ1v) is 6.27. The van der Waals surface area contributed by atoms with E-state index in [1.54, 1.807) is 6.07 Å². The van der Waals surface area contributed by atoms with E-state index in [1.807, 2.05) is 0 Å². The lowest BCUT2D eigenvalue weighted by molar-refractivity contribution is 0.0962. The van der Waals surface area contributed by atoms with E-state index in [4.69, 9.17) is 17.3 Å². The van der Waals surface area contributed by atoms with Gasteiger partial charge >= 0.3 is 0 Å². The maximum Gasteiger partial charge on any atom is 0.263 e. The highest BCUT2D eigenvalue weighted by molar-refractivity contribution is 7.21. The molecule has 94 valence electrons. The molecule has 0 aliphatic rings. The molecule has 0 bridgehead atoms. The van der Waals surface area contributed by atoms with Crippen LogP contribution in [0, 0.1) is 5.82 Å². The number of nitrogens with two attached hydrogens (primary N) is 1. The maximum atomic E-state index is 13.1. The van der Waals surface area contributed by atoms with Crippen LogP contribution < -0.4 is 11.1 Å². The third-order valence-electron chi connectivity index (χ3n) is 2.34. The van der Waals surface area contributed by atoms with E-state index in [0.29, 0.717) is 15.3 Å². The van der Waals surface area contributed by atoms with Crippen LogP contribution in [0.1, 0.15) is 9.67 Å². The molecule has 0 unspecified atom stereocenters. The van der Waals surface area contributed by atoms with Crippen molar-refractivity contribution in [2.75, 3.05) is 12.3 Å². The predicted molar refractivity (Wildman–Crippen MR) is 73.5 cm³/mol. The van der Waals surface area contributed by atoms with Gasteiger partial charge in [0.15, 0.2) is 0 Å². The summed E-state index contributed by atoms with van der Waals surface area (Å²) in [4.78, 5) is 12.2. The summed E-state index contributed by atoms with van der Waals surface area (Å²) < 4.78 is 13.9. The lowest BCUT2D eigenvalue weighted by Crippen LogP contribution is -2.24. The molecule has 2 aromatic rings. The van der Waals surface area contributed by atoms with Crippen molar-refractivity contribution in [2.24, 2.45) is 0 Å². The van der Waals surface area contributed by atoms with E-state index in [9.17, 15) is 9.18 Å². The largest absolute Gasteiger partial charge is 0.397 e. The number of carbonyl (C=O) groups excluding carboxylic acids is 1. The molecule has 0 fully saturated rings. The van der Waals surface area contributed by atoms with E-state index in [1.165, 1.54) is 23.5 Å². The topological polar surface area (TPSA) is 55.1 Å². The summed E-state index contributed by atoms with van der Waals surface area (Å²) in [6, 6.07) is 4.25. The third kappa shape index (κ3) is 2.47. The molecule has 2 rings (SSSR count). The Morgan fingerprint density at radius 1 is 1.56 bits per heavy atom. The highest BCUT2D eigenvalue weighted by atomic mass is 35.5. The molecule has 1 aromatic heterocycles. The van der Waals surface area contributed by atoms with E-state index in [-0.39, 0.29) is 24.0 Å². The Labute approximate surface area is 112 Å². The first-order chi connectivity index (χ1) is 8.49. The van der Waals surface area contributed by atoms with Crippen molar-refractivity contribution in [1.82, 2.24) is 5.32 Å². The predicted octanol–water partition coefficient (Wildman–Crippen LogP) is 3.10. The molecular weight excluding hydrogens is 275 g/mol. The summed E-state index contributed by atoms with van der Waals surface area (Å²) in [5.41, 5.74) is 6.13. The van der Waals surface area contributed by atoms with Crippen LogP contribution in [0.3, 0.4) is 0 Å². The molecule has 0 spiro atoms. The zero-order valence-corrected chi connectivity index (χ0v) is 10.9. The SMILES string of the molecule is C=C(Cl)CNC(=O)c1sc2ccc(F)cc2c1N. The molecule has 0 saturated heterocycles. The van der Waals surface area contributed by atoms with Gasteiger partial charge in [-0.1, -0.05) is 18.2 Å². The second-order valence-corrected chi connectivity index (χ2v) is 5.27. The van der Waals surface area contributed by atoms with E-state index in [0.717, 1.165) is 4.70 Å². The Hall–Kier alpha value is -1.59. The Kier molecular flexibility index (Phi) is 3.54. The molecule has 0 radical (unpaired) electrons. The lowest BCUT2D eigenvalue weighted by atomic mass is 10.2. The van der Waals surface area contributed by atoms with Crippen LogP contribution in [0.2, 0.25) is 0 Å². The monoisotopic (exact) mass is 284 g/mol. The number of benzene rings is 1. The third-order valence-corrected chi connectivity index (χ3v) is 3.65. The molecule has 0 aliphatic heterocycles. The van der Waals surface area contributed by atoms with Gasteiger partial charge in [0.1, 0.15) is 10.7 Å². The summed E-state index contributed by atoms with van der Waals surface area (Å²) in [5.74, 6) is -0.719. The standard InChI is InChI=1S/C12H10ClFN2OS/c1-6(13)5-16-12(17)11-10(15)8-4-7(14)2-3-9(8)18-11/h2-4H,1,5,15H2,(H,16,17). The minimum Gasteiger partial charge on any atom is -0.397 e. The van der Waals surface area contributed by atoms with Gasteiger partial charge in [0.25, 0.3) is 5.91 Å². The van der Waals surface area contributed by atoms with Gasteiger partial charge in [-0.3, -0.25) is 4.79 Å². The molecule has 1 aromatic carbocycles. The number of hydrogen-bond donors (Lipinski definition) is 2. The van der Waals surface area contributed by atoms with Gasteiger partial charge in [0.05, 0.1) is 12.2 Å². The van der Waals surface area contributed by atoms with Crippen molar-refractivity contribution in [2.45, 2.75) is 0 Å². The second-order valence-electron chi connectivity index (χ2n) is 3.69. The molecule has 18 heavy (non-hydrogen) atoms. The quantitative estimate of drug-likeness (QED) is 0.910. The summed E-state index contributed by atoms with van der Waals surface area (Å²) >= 11 is 6.78. The average Bonchev–Trinajstić information content (AvgIpc) is 2.64. The fourth-order valence-corrected chi connectivity index (χ4v) is 2.60. The van der Waals surface area contributed by atoms with Crippen LogP contribution in [-0.2, 0) is 0 Å². The molecule has 3 N–H and O–H groups in total. The van der Waals surface area contributed by atoms with Gasteiger partial charge < -0.3 is 11.1 Å². The minimum atomic E-state index is -0.381. The molecule has 0 saturated carbocycles. The summed E-state index contributed by atoms with van der Waals surface area (Å²) in [6.07, 6.45) is 0. The lowest BCUT2D eigenvalue weighted by Gasteiger charge is -2.02. The van der Waals surface area contributed by atoms with Crippen LogP contribution in [0.15, 0.2) is 29.8 Å². The zero-order chi connectivity index (χ0) is 13.3. The number of halogens is 2. The maximum absolute atomic E-state index is 13.1. The Balaban J connectivity index is 2.36. The van der Waals surface area contributed by atoms with Crippen LogP contribution in [0.5, 0.6) is 0 Å². The normalized spacial score (nSPS) is 10.6. The molecule has 1 heterocycles. The van der Waals surface area contributed by atoms with E-state index >= 15 is 0 Å². The zero-order valence-electron chi connectivity index (χ0n) is 9.30. The molecule has 6 heteroatoms. The van der Waals surface area contributed by atoms with E-state index < -0.39 is 0 Å². The van der Waals surface area contributed by atoms with Crippen molar-refractivity contribution in [3.8, 4) is 0 Å². The number of fused-ring (bicyclic) bond motifs is 1. The number of amides is 1. The summed E-state index contributed by atoms with van der Waals surface area (Å²) in [7, 11) is 0. The van der Waals surface area contributed by atoms with Crippen LogP contribution in [-0.4, -0.2) is 12.5 Å². The highest BCUT2D eigenvalue weighted by Gasteiger charge is 2.16. The summed E-state index contributed by atoms with van der Waals surface area (Å²) in [5, 5.41) is 3.46. The van der Waals surface area contributed by atoms with Gasteiger partial charge in [-0.2, -0.15) is 0 Å². The first kappa shape index (κ1) is 12.9. The van der Waals surface area contributed by atoms with Crippen molar-refractivity contribution >= 4 is 44.6 Å². The van der Waals surface area contributed by atoms with Crippen molar-refractivity contribution < 1.29 is 9.18 Å². The second kappa shape index (κ2) is 4.96. The van der Waals surface area contributed by atoms with Gasteiger partial charge in [-0.05, 0) is 18.2 Å². The fourth-order valence-electron chi connectivity index (χ4n) is 1.51. The number of nitrogens with one attached hydrogen (secondary N) is 1. The summed E-state index contributed by atoms with van der Waals surface area (Å²) in [6.45, 7) is 3.64. The number of thiophene rings is 1. The minimum absolute atomic E-state index is 0.169. The molecule has 1 amide bonds. The Morgan fingerprint density at radius 2 is 2.28 bits per heavy atom.